The number of halogens is 1. The van der Waals surface area contributed by atoms with Crippen molar-refractivity contribution < 1.29 is 9.59 Å². The summed E-state index contributed by atoms with van der Waals surface area (Å²) in [4.78, 5) is 28.4. The van der Waals surface area contributed by atoms with E-state index in [2.05, 4.69) is 21.2 Å². The van der Waals surface area contributed by atoms with Gasteiger partial charge < -0.3 is 10.2 Å². The van der Waals surface area contributed by atoms with Gasteiger partial charge in [0, 0.05) is 14.7 Å². The summed E-state index contributed by atoms with van der Waals surface area (Å²) in [6.45, 7) is 5.96. The Labute approximate surface area is 137 Å². The number of nitrogens with one attached hydrogen (secondary N) is 1. The number of carbonyl (C=O) groups is 2. The quantitative estimate of drug-likeness (QED) is 0.888. The van der Waals surface area contributed by atoms with Gasteiger partial charge in [0.05, 0.1) is 6.54 Å². The van der Waals surface area contributed by atoms with Gasteiger partial charge in [-0.2, -0.15) is 0 Å². The monoisotopic (exact) mass is 370 g/mol. The van der Waals surface area contributed by atoms with Crippen molar-refractivity contribution in [1.29, 1.82) is 0 Å². The first-order chi connectivity index (χ1) is 9.75. The molecule has 2 amide bonds. The highest BCUT2D eigenvalue weighted by Crippen LogP contribution is 2.46. The van der Waals surface area contributed by atoms with Crippen molar-refractivity contribution in [1.82, 2.24) is 10.2 Å². The van der Waals surface area contributed by atoms with Crippen LogP contribution >= 0.6 is 27.3 Å². The van der Waals surface area contributed by atoms with Crippen LogP contribution in [0.5, 0.6) is 0 Å². The van der Waals surface area contributed by atoms with E-state index in [-0.39, 0.29) is 17.7 Å². The zero-order valence-electron chi connectivity index (χ0n) is 12.4. The third-order valence-electron chi connectivity index (χ3n) is 4.53. The van der Waals surface area contributed by atoms with Gasteiger partial charge in [-0.3, -0.25) is 9.59 Å². The Morgan fingerprint density at radius 2 is 2.05 bits per heavy atom. The smallest absolute Gasteiger partial charge is 0.248 e. The molecule has 0 aromatic carbocycles. The Morgan fingerprint density at radius 3 is 2.57 bits per heavy atom. The molecular formula is C15H19BrN2O2S. The number of rotatable bonds is 3. The number of amides is 2. The summed E-state index contributed by atoms with van der Waals surface area (Å²) >= 11 is 5.05. The summed E-state index contributed by atoms with van der Waals surface area (Å²) in [5, 5.41) is 4.91. The lowest BCUT2D eigenvalue weighted by atomic mass is 9.84. The summed E-state index contributed by atoms with van der Waals surface area (Å²) < 4.78 is 1.02. The van der Waals surface area contributed by atoms with Gasteiger partial charge in [-0.15, -0.1) is 11.3 Å². The fourth-order valence-electron chi connectivity index (χ4n) is 3.01. The zero-order valence-corrected chi connectivity index (χ0v) is 14.8. The fraction of sp³-hybridized carbons (Fsp3) is 0.600. The lowest BCUT2D eigenvalue weighted by Gasteiger charge is -2.49. The highest BCUT2D eigenvalue weighted by molar-refractivity contribution is 9.10. The first-order valence-corrected chi connectivity index (χ1v) is 8.80. The van der Waals surface area contributed by atoms with Crippen LogP contribution in [0.4, 0.5) is 0 Å². The van der Waals surface area contributed by atoms with Crippen molar-refractivity contribution in [3.63, 3.8) is 0 Å². The highest BCUT2D eigenvalue weighted by Gasteiger charge is 2.59. The predicted molar refractivity (Wildman–Crippen MR) is 85.9 cm³/mol. The SMILES string of the molecule is CC1(C)NC(=O)C(C)(C2CC2)N(Cc2cc(Br)cs2)C1=O. The Balaban J connectivity index is 1.97. The van der Waals surface area contributed by atoms with Crippen LogP contribution in [0, 0.1) is 5.92 Å². The van der Waals surface area contributed by atoms with Gasteiger partial charge in [-0.1, -0.05) is 0 Å². The summed E-state index contributed by atoms with van der Waals surface area (Å²) in [5.41, 5.74) is -1.55. The average Bonchev–Trinajstić information content (AvgIpc) is 3.17. The van der Waals surface area contributed by atoms with Crippen LogP contribution in [0.25, 0.3) is 0 Å². The molecule has 1 unspecified atom stereocenters. The van der Waals surface area contributed by atoms with Crippen molar-refractivity contribution in [2.24, 2.45) is 5.92 Å². The highest BCUT2D eigenvalue weighted by atomic mass is 79.9. The van der Waals surface area contributed by atoms with E-state index < -0.39 is 11.1 Å². The second-order valence-electron chi connectivity index (χ2n) is 6.62. The van der Waals surface area contributed by atoms with E-state index in [0.29, 0.717) is 6.54 Å². The second-order valence-corrected chi connectivity index (χ2v) is 8.53. The molecule has 2 fully saturated rings. The molecule has 2 aliphatic rings. The summed E-state index contributed by atoms with van der Waals surface area (Å²) in [5.74, 6) is 0.257. The molecule has 114 valence electrons. The normalized spacial score (nSPS) is 28.7. The number of hydrogen-bond donors (Lipinski definition) is 1. The predicted octanol–water partition coefficient (Wildman–Crippen LogP) is 2.92. The third-order valence-corrected chi connectivity index (χ3v) is 6.22. The standard InChI is InChI=1S/C15H19BrN2O2S/c1-14(2)13(20)18(7-11-6-10(16)8-21-11)15(3,9-4-5-9)12(19)17-14/h6,8-9H,4-5,7H2,1-3H3,(H,17,19). The number of nitrogens with zero attached hydrogens (tertiary/aromatic N) is 1. The summed E-state index contributed by atoms with van der Waals surface area (Å²) in [7, 11) is 0. The molecule has 1 saturated heterocycles. The van der Waals surface area contributed by atoms with Gasteiger partial charge in [0.1, 0.15) is 11.1 Å². The van der Waals surface area contributed by atoms with E-state index in [1.54, 1.807) is 30.1 Å². The molecule has 1 aliphatic heterocycles. The Hall–Kier alpha value is -0.880. The fourth-order valence-corrected chi connectivity index (χ4v) is 4.45. The van der Waals surface area contributed by atoms with Crippen LogP contribution in [0.3, 0.4) is 0 Å². The first kappa shape index (κ1) is 15.0. The molecule has 0 radical (unpaired) electrons. The zero-order chi connectivity index (χ0) is 15.4. The molecular weight excluding hydrogens is 352 g/mol. The van der Waals surface area contributed by atoms with Crippen LogP contribution in [0.1, 0.15) is 38.5 Å². The number of piperazine rings is 1. The average molecular weight is 371 g/mol. The van der Waals surface area contributed by atoms with Gasteiger partial charge in [0.15, 0.2) is 0 Å². The molecule has 1 atom stereocenters. The lowest BCUT2D eigenvalue weighted by Crippen LogP contribution is -2.73. The van der Waals surface area contributed by atoms with E-state index in [1.807, 2.05) is 18.4 Å². The molecule has 21 heavy (non-hydrogen) atoms. The Bertz CT molecular complexity index is 609. The van der Waals surface area contributed by atoms with Gasteiger partial charge >= 0.3 is 0 Å². The Morgan fingerprint density at radius 1 is 1.38 bits per heavy atom. The topological polar surface area (TPSA) is 49.4 Å². The minimum absolute atomic E-state index is 0.000947. The van der Waals surface area contributed by atoms with E-state index >= 15 is 0 Å². The van der Waals surface area contributed by atoms with Crippen molar-refractivity contribution in [2.75, 3.05) is 0 Å². The number of hydrogen-bond acceptors (Lipinski definition) is 3. The van der Waals surface area contributed by atoms with Crippen LogP contribution in [-0.4, -0.2) is 27.8 Å². The van der Waals surface area contributed by atoms with Crippen LogP contribution < -0.4 is 5.32 Å². The minimum atomic E-state index is -0.833. The van der Waals surface area contributed by atoms with Crippen LogP contribution in [0.2, 0.25) is 0 Å². The molecule has 1 N–H and O–H groups in total. The van der Waals surface area contributed by atoms with E-state index in [9.17, 15) is 9.59 Å². The largest absolute Gasteiger partial charge is 0.340 e. The molecule has 4 nitrogen and oxygen atoms in total. The van der Waals surface area contributed by atoms with Crippen LogP contribution in [-0.2, 0) is 16.1 Å². The van der Waals surface area contributed by atoms with E-state index in [4.69, 9.17) is 0 Å². The number of thiophene rings is 1. The molecule has 1 aromatic rings. The van der Waals surface area contributed by atoms with Gasteiger partial charge in [0.2, 0.25) is 11.8 Å². The van der Waals surface area contributed by atoms with Crippen molar-refractivity contribution in [2.45, 2.75) is 51.2 Å². The van der Waals surface area contributed by atoms with E-state index in [0.717, 1.165) is 22.2 Å². The molecule has 3 rings (SSSR count). The second kappa shape index (κ2) is 4.81. The van der Waals surface area contributed by atoms with Crippen LogP contribution in [0.15, 0.2) is 15.9 Å². The molecule has 1 aliphatic carbocycles. The van der Waals surface area contributed by atoms with Gasteiger partial charge in [-0.25, -0.2) is 0 Å². The van der Waals surface area contributed by atoms with Gasteiger partial charge in [-0.05, 0) is 61.5 Å². The molecule has 6 heteroatoms. The maximum absolute atomic E-state index is 12.9. The lowest BCUT2D eigenvalue weighted by molar-refractivity contribution is -0.163. The molecule has 1 saturated carbocycles. The molecule has 0 spiro atoms. The number of carbonyl (C=O) groups excluding carboxylic acids is 2. The molecule has 0 bridgehead atoms. The van der Waals surface area contributed by atoms with Crippen molar-refractivity contribution in [3.8, 4) is 0 Å². The van der Waals surface area contributed by atoms with Gasteiger partial charge in [0.25, 0.3) is 0 Å². The Kier molecular flexibility index (Phi) is 3.44. The summed E-state index contributed by atoms with van der Waals surface area (Å²) in [6, 6.07) is 2.02. The van der Waals surface area contributed by atoms with Crippen molar-refractivity contribution in [3.05, 3.63) is 20.8 Å². The maximum atomic E-state index is 12.9. The molecule has 2 heterocycles. The minimum Gasteiger partial charge on any atom is -0.340 e. The third kappa shape index (κ3) is 2.42. The first-order valence-electron chi connectivity index (χ1n) is 7.13. The summed E-state index contributed by atoms with van der Waals surface area (Å²) in [6.07, 6.45) is 2.03. The molecule has 1 aromatic heterocycles. The van der Waals surface area contributed by atoms with E-state index in [1.165, 1.54) is 0 Å². The maximum Gasteiger partial charge on any atom is 0.248 e. The van der Waals surface area contributed by atoms with Crippen molar-refractivity contribution >= 4 is 39.1 Å².